The van der Waals surface area contributed by atoms with Gasteiger partial charge in [-0.3, -0.25) is 0 Å². The fourth-order valence-electron chi connectivity index (χ4n) is 3.07. The van der Waals surface area contributed by atoms with Crippen molar-refractivity contribution in [3.8, 4) is 34.5 Å². The Kier molecular flexibility index (Phi) is 5.67. The van der Waals surface area contributed by atoms with Crippen molar-refractivity contribution in [2.24, 2.45) is 5.16 Å². The van der Waals surface area contributed by atoms with Crippen LogP contribution in [0.2, 0.25) is 0 Å². The average molecular weight is 389 g/mol. The van der Waals surface area contributed by atoms with Crippen molar-refractivity contribution in [2.75, 3.05) is 35.5 Å². The van der Waals surface area contributed by atoms with E-state index >= 15 is 0 Å². The van der Waals surface area contributed by atoms with E-state index in [0.29, 0.717) is 35.2 Å². The molecule has 8 heteroatoms. The van der Waals surface area contributed by atoms with E-state index in [0.717, 1.165) is 16.8 Å². The second-order valence-electron chi connectivity index (χ2n) is 6.02. The highest BCUT2D eigenvalue weighted by Crippen LogP contribution is 2.43. The first kappa shape index (κ1) is 19.5. The Bertz CT molecular complexity index is 844. The lowest BCUT2D eigenvalue weighted by molar-refractivity contribution is 0.0853. The molecule has 0 spiro atoms. The van der Waals surface area contributed by atoms with E-state index in [9.17, 15) is 5.11 Å². The summed E-state index contributed by atoms with van der Waals surface area (Å²) in [6.45, 7) is 0. The van der Waals surface area contributed by atoms with Gasteiger partial charge in [-0.05, 0) is 24.3 Å². The number of phenols is 1. The van der Waals surface area contributed by atoms with Crippen LogP contribution in [0.1, 0.15) is 23.7 Å². The van der Waals surface area contributed by atoms with Crippen LogP contribution in [-0.2, 0) is 4.84 Å². The number of nitrogens with zero attached hydrogens (tertiary/aromatic N) is 1. The van der Waals surface area contributed by atoms with Crippen LogP contribution in [-0.4, -0.2) is 46.4 Å². The molecule has 0 fully saturated rings. The van der Waals surface area contributed by atoms with Gasteiger partial charge in [0, 0.05) is 17.5 Å². The predicted molar refractivity (Wildman–Crippen MR) is 102 cm³/mol. The molecule has 1 unspecified atom stereocenters. The Morgan fingerprint density at radius 2 is 1.36 bits per heavy atom. The fourth-order valence-corrected chi connectivity index (χ4v) is 3.07. The Labute approximate surface area is 163 Å². The molecule has 2 aromatic rings. The van der Waals surface area contributed by atoms with Gasteiger partial charge in [0.05, 0.1) is 41.3 Å². The van der Waals surface area contributed by atoms with E-state index in [1.807, 2.05) is 12.1 Å². The highest BCUT2D eigenvalue weighted by molar-refractivity contribution is 6.02. The lowest BCUT2D eigenvalue weighted by atomic mass is 9.99. The van der Waals surface area contributed by atoms with Gasteiger partial charge in [-0.1, -0.05) is 5.16 Å². The zero-order valence-corrected chi connectivity index (χ0v) is 16.4. The van der Waals surface area contributed by atoms with Crippen molar-refractivity contribution in [2.45, 2.75) is 12.5 Å². The van der Waals surface area contributed by atoms with Crippen LogP contribution in [0.5, 0.6) is 34.5 Å². The van der Waals surface area contributed by atoms with Gasteiger partial charge in [-0.2, -0.15) is 0 Å². The highest BCUT2D eigenvalue weighted by atomic mass is 16.6. The van der Waals surface area contributed by atoms with Crippen molar-refractivity contribution >= 4 is 5.71 Å². The van der Waals surface area contributed by atoms with Gasteiger partial charge in [0.15, 0.2) is 29.1 Å². The number of aromatic hydroxyl groups is 1. The van der Waals surface area contributed by atoms with Crippen LogP contribution in [0.3, 0.4) is 0 Å². The molecule has 150 valence electrons. The molecule has 0 bridgehead atoms. The number of oxime groups is 1. The molecule has 1 atom stereocenters. The second kappa shape index (κ2) is 8.16. The van der Waals surface area contributed by atoms with Gasteiger partial charge >= 0.3 is 0 Å². The zero-order valence-electron chi connectivity index (χ0n) is 16.4. The Morgan fingerprint density at radius 3 is 1.82 bits per heavy atom. The highest BCUT2D eigenvalue weighted by Gasteiger charge is 2.28. The molecule has 1 heterocycles. The number of phenolic OH excluding ortho intramolecular Hbond substituents is 1. The molecule has 0 saturated heterocycles. The van der Waals surface area contributed by atoms with E-state index in [1.54, 1.807) is 33.5 Å². The molecule has 8 nitrogen and oxygen atoms in total. The quantitative estimate of drug-likeness (QED) is 0.777. The molecule has 0 amide bonds. The summed E-state index contributed by atoms with van der Waals surface area (Å²) in [7, 11) is 7.63. The van der Waals surface area contributed by atoms with Crippen LogP contribution >= 0.6 is 0 Å². The lowest BCUT2D eigenvalue weighted by Crippen LogP contribution is -2.04. The minimum atomic E-state index is -0.350. The summed E-state index contributed by atoms with van der Waals surface area (Å²) in [5.41, 5.74) is 2.31. The minimum Gasteiger partial charge on any atom is -0.502 e. The Morgan fingerprint density at radius 1 is 0.821 bits per heavy atom. The molecule has 0 aromatic heterocycles. The first-order valence-electron chi connectivity index (χ1n) is 8.54. The number of rotatable bonds is 7. The summed E-state index contributed by atoms with van der Waals surface area (Å²) < 4.78 is 26.6. The van der Waals surface area contributed by atoms with Crippen molar-refractivity contribution in [3.63, 3.8) is 0 Å². The SMILES string of the molecule is COc1cc(C2CC(c3cc(OC)c(OC)c(OC)c3)=NO2)cc(OC)c1O. The van der Waals surface area contributed by atoms with E-state index in [-0.39, 0.29) is 11.9 Å². The van der Waals surface area contributed by atoms with Gasteiger partial charge in [0.1, 0.15) is 0 Å². The first-order valence-corrected chi connectivity index (χ1v) is 8.54. The molecular weight excluding hydrogens is 366 g/mol. The minimum absolute atomic E-state index is 0.0579. The largest absolute Gasteiger partial charge is 0.502 e. The number of methoxy groups -OCH3 is 5. The van der Waals surface area contributed by atoms with Crippen molar-refractivity contribution in [1.82, 2.24) is 0 Å². The Balaban J connectivity index is 1.90. The van der Waals surface area contributed by atoms with Crippen molar-refractivity contribution in [1.29, 1.82) is 0 Å². The average Bonchev–Trinajstić information content (AvgIpc) is 3.23. The summed E-state index contributed by atoms with van der Waals surface area (Å²) in [4.78, 5) is 5.63. The monoisotopic (exact) mass is 389 g/mol. The molecule has 1 aliphatic heterocycles. The van der Waals surface area contributed by atoms with Crippen LogP contribution in [0, 0.1) is 0 Å². The summed E-state index contributed by atoms with van der Waals surface area (Å²) in [5, 5.41) is 14.3. The van der Waals surface area contributed by atoms with Gasteiger partial charge in [-0.25, -0.2) is 0 Å². The molecule has 0 radical (unpaired) electrons. The maximum Gasteiger partial charge on any atom is 0.203 e. The summed E-state index contributed by atoms with van der Waals surface area (Å²) in [6.07, 6.45) is 0.160. The van der Waals surface area contributed by atoms with Crippen LogP contribution in [0.25, 0.3) is 0 Å². The van der Waals surface area contributed by atoms with E-state index in [4.69, 9.17) is 28.5 Å². The lowest BCUT2D eigenvalue weighted by Gasteiger charge is -2.15. The number of hydrogen-bond donors (Lipinski definition) is 1. The van der Waals surface area contributed by atoms with E-state index in [2.05, 4.69) is 5.16 Å². The standard InChI is InChI=1S/C20H23NO7/c1-23-15-8-12(9-16(24-2)19(15)22)14-10-13(21-28-14)11-6-17(25-3)20(27-5)18(7-11)26-4/h6-9,14,22H,10H2,1-5H3. The topological polar surface area (TPSA) is 88.0 Å². The first-order chi connectivity index (χ1) is 13.6. The van der Waals surface area contributed by atoms with E-state index in [1.165, 1.54) is 14.2 Å². The molecule has 28 heavy (non-hydrogen) atoms. The number of hydrogen-bond acceptors (Lipinski definition) is 8. The molecule has 1 aliphatic rings. The maximum atomic E-state index is 10.1. The third-order valence-electron chi connectivity index (χ3n) is 4.54. The zero-order chi connectivity index (χ0) is 20.3. The smallest absolute Gasteiger partial charge is 0.203 e. The molecule has 0 aliphatic carbocycles. The molecule has 3 rings (SSSR count). The van der Waals surface area contributed by atoms with Crippen molar-refractivity contribution in [3.05, 3.63) is 35.4 Å². The Hall–Kier alpha value is -3.29. The maximum absolute atomic E-state index is 10.1. The van der Waals surface area contributed by atoms with Gasteiger partial charge in [0.25, 0.3) is 0 Å². The predicted octanol–water partition coefficient (Wildman–Crippen LogP) is 3.30. The third kappa shape index (κ3) is 3.45. The van der Waals surface area contributed by atoms with Crippen molar-refractivity contribution < 1.29 is 33.6 Å². The fraction of sp³-hybridized carbons (Fsp3) is 0.350. The normalized spacial score (nSPS) is 15.5. The number of benzene rings is 2. The second-order valence-corrected chi connectivity index (χ2v) is 6.02. The van der Waals surface area contributed by atoms with Gasteiger partial charge in [-0.15, -0.1) is 0 Å². The van der Waals surface area contributed by atoms with Gasteiger partial charge in [0.2, 0.25) is 11.5 Å². The molecule has 1 N–H and O–H groups in total. The number of ether oxygens (including phenoxy) is 5. The van der Waals surface area contributed by atoms with Gasteiger partial charge < -0.3 is 33.6 Å². The molecule has 0 saturated carbocycles. The summed E-state index contributed by atoms with van der Waals surface area (Å²) in [5.74, 6) is 2.14. The summed E-state index contributed by atoms with van der Waals surface area (Å²) in [6, 6.07) is 7.06. The van der Waals surface area contributed by atoms with Crippen LogP contribution in [0.15, 0.2) is 29.4 Å². The third-order valence-corrected chi connectivity index (χ3v) is 4.54. The molecule has 2 aromatic carbocycles. The van der Waals surface area contributed by atoms with Crippen LogP contribution in [0.4, 0.5) is 0 Å². The molecular formula is C20H23NO7. The van der Waals surface area contributed by atoms with E-state index < -0.39 is 0 Å². The van der Waals surface area contributed by atoms with Crippen LogP contribution < -0.4 is 23.7 Å². The summed E-state index contributed by atoms with van der Waals surface area (Å²) >= 11 is 0.